The maximum absolute atomic E-state index is 12.5. The molecule has 10 nitrogen and oxygen atoms in total. The van der Waals surface area contributed by atoms with Crippen molar-refractivity contribution in [3.8, 4) is 17.2 Å². The van der Waals surface area contributed by atoms with E-state index in [1.165, 1.54) is 44.7 Å². The number of esters is 1. The SMILES string of the molecule is COc1cc(/C=N/NC(=O)Cc2ccc([N+](=O)[O-])cc2)ccc1OC(=O)c1ccccc1OC. The molecule has 3 aromatic carbocycles. The number of hydrogen-bond acceptors (Lipinski definition) is 8. The lowest BCUT2D eigenvalue weighted by atomic mass is 10.1. The zero-order chi connectivity index (χ0) is 24.5. The zero-order valence-corrected chi connectivity index (χ0v) is 18.4. The molecule has 0 aliphatic rings. The third kappa shape index (κ3) is 6.16. The number of ether oxygens (including phenoxy) is 3. The van der Waals surface area contributed by atoms with Gasteiger partial charge in [0.2, 0.25) is 5.91 Å². The van der Waals surface area contributed by atoms with E-state index in [2.05, 4.69) is 10.5 Å². The van der Waals surface area contributed by atoms with Crippen molar-refractivity contribution in [1.82, 2.24) is 5.43 Å². The highest BCUT2D eigenvalue weighted by atomic mass is 16.6. The molecule has 0 bridgehead atoms. The maximum atomic E-state index is 12.5. The Labute approximate surface area is 194 Å². The predicted octanol–water partition coefficient (Wildman–Crippen LogP) is 3.52. The number of benzene rings is 3. The topological polar surface area (TPSA) is 129 Å². The smallest absolute Gasteiger partial charge is 0.347 e. The van der Waals surface area contributed by atoms with Gasteiger partial charge in [0.05, 0.1) is 31.8 Å². The third-order valence-corrected chi connectivity index (χ3v) is 4.63. The molecular formula is C24H21N3O7. The van der Waals surface area contributed by atoms with Gasteiger partial charge in [0.25, 0.3) is 5.69 Å². The minimum absolute atomic E-state index is 0.0104. The van der Waals surface area contributed by atoms with Gasteiger partial charge in [-0.15, -0.1) is 0 Å². The molecule has 0 radical (unpaired) electrons. The van der Waals surface area contributed by atoms with Crippen LogP contribution in [-0.4, -0.2) is 37.2 Å². The number of nitro benzene ring substituents is 1. The average Bonchev–Trinajstić information content (AvgIpc) is 2.85. The Bertz CT molecular complexity index is 1220. The van der Waals surface area contributed by atoms with Crippen molar-refractivity contribution in [2.45, 2.75) is 6.42 Å². The van der Waals surface area contributed by atoms with E-state index in [0.717, 1.165) is 0 Å². The van der Waals surface area contributed by atoms with Crippen LogP contribution in [0.3, 0.4) is 0 Å². The largest absolute Gasteiger partial charge is 0.496 e. The van der Waals surface area contributed by atoms with E-state index in [9.17, 15) is 19.7 Å². The highest BCUT2D eigenvalue weighted by Gasteiger charge is 2.16. The van der Waals surface area contributed by atoms with Crippen LogP contribution in [0.2, 0.25) is 0 Å². The molecule has 0 aromatic heterocycles. The van der Waals surface area contributed by atoms with E-state index < -0.39 is 10.9 Å². The summed E-state index contributed by atoms with van der Waals surface area (Å²) in [6, 6.07) is 17.2. The highest BCUT2D eigenvalue weighted by Crippen LogP contribution is 2.29. The number of nitrogens with one attached hydrogen (secondary N) is 1. The summed E-state index contributed by atoms with van der Waals surface area (Å²) in [5, 5.41) is 14.6. The molecule has 174 valence electrons. The molecule has 1 amide bonds. The normalized spacial score (nSPS) is 10.5. The Morgan fingerprint density at radius 2 is 1.68 bits per heavy atom. The number of methoxy groups -OCH3 is 2. The zero-order valence-electron chi connectivity index (χ0n) is 18.4. The van der Waals surface area contributed by atoms with E-state index >= 15 is 0 Å². The van der Waals surface area contributed by atoms with Crippen LogP contribution < -0.4 is 19.6 Å². The second-order valence-corrected chi connectivity index (χ2v) is 6.89. The van der Waals surface area contributed by atoms with Crippen LogP contribution in [0, 0.1) is 10.1 Å². The van der Waals surface area contributed by atoms with E-state index in [1.807, 2.05) is 0 Å². The highest BCUT2D eigenvalue weighted by molar-refractivity contribution is 5.94. The first-order chi connectivity index (χ1) is 16.4. The van der Waals surface area contributed by atoms with Crippen molar-refractivity contribution in [2.24, 2.45) is 5.10 Å². The van der Waals surface area contributed by atoms with E-state index in [4.69, 9.17) is 14.2 Å². The van der Waals surface area contributed by atoms with Crippen molar-refractivity contribution in [2.75, 3.05) is 14.2 Å². The Morgan fingerprint density at radius 3 is 2.35 bits per heavy atom. The maximum Gasteiger partial charge on any atom is 0.347 e. The van der Waals surface area contributed by atoms with Gasteiger partial charge in [0, 0.05) is 12.1 Å². The van der Waals surface area contributed by atoms with Crippen molar-refractivity contribution < 1.29 is 28.7 Å². The molecule has 0 saturated heterocycles. The monoisotopic (exact) mass is 463 g/mol. The van der Waals surface area contributed by atoms with Crippen molar-refractivity contribution in [3.63, 3.8) is 0 Å². The van der Waals surface area contributed by atoms with Crippen molar-refractivity contribution in [3.05, 3.63) is 93.5 Å². The number of carbonyl (C=O) groups excluding carboxylic acids is 2. The molecule has 10 heteroatoms. The number of nitro groups is 1. The number of rotatable bonds is 9. The number of hydrazone groups is 1. The molecule has 0 aliphatic carbocycles. The fraction of sp³-hybridized carbons (Fsp3) is 0.125. The molecule has 34 heavy (non-hydrogen) atoms. The van der Waals surface area contributed by atoms with Crippen LogP contribution in [-0.2, 0) is 11.2 Å². The molecule has 0 saturated carbocycles. The molecule has 3 aromatic rings. The van der Waals surface area contributed by atoms with Gasteiger partial charge >= 0.3 is 5.97 Å². The van der Waals surface area contributed by atoms with Crippen LogP contribution in [0.4, 0.5) is 5.69 Å². The van der Waals surface area contributed by atoms with Crippen LogP contribution >= 0.6 is 0 Å². The summed E-state index contributed by atoms with van der Waals surface area (Å²) < 4.78 is 15.9. The van der Waals surface area contributed by atoms with Gasteiger partial charge in [-0.2, -0.15) is 5.10 Å². The quantitative estimate of drug-likeness (QED) is 0.169. The Kier molecular flexibility index (Phi) is 7.90. The van der Waals surface area contributed by atoms with Crippen LogP contribution in [0.25, 0.3) is 0 Å². The average molecular weight is 463 g/mol. The van der Waals surface area contributed by atoms with E-state index in [-0.39, 0.29) is 29.3 Å². The summed E-state index contributed by atoms with van der Waals surface area (Å²) >= 11 is 0. The summed E-state index contributed by atoms with van der Waals surface area (Å²) in [6.45, 7) is 0. The third-order valence-electron chi connectivity index (χ3n) is 4.63. The molecule has 0 spiro atoms. The van der Waals surface area contributed by atoms with E-state index in [0.29, 0.717) is 22.6 Å². The molecule has 3 rings (SSSR count). The summed E-state index contributed by atoms with van der Waals surface area (Å²) in [6.07, 6.45) is 1.42. The van der Waals surface area contributed by atoms with Crippen LogP contribution in [0.1, 0.15) is 21.5 Å². The number of amides is 1. The van der Waals surface area contributed by atoms with Crippen LogP contribution in [0.5, 0.6) is 17.2 Å². The van der Waals surface area contributed by atoms with Crippen LogP contribution in [0.15, 0.2) is 71.8 Å². The van der Waals surface area contributed by atoms with Gasteiger partial charge in [-0.25, -0.2) is 10.2 Å². The first-order valence-corrected chi connectivity index (χ1v) is 9.99. The fourth-order valence-electron chi connectivity index (χ4n) is 2.96. The van der Waals surface area contributed by atoms with Crippen molar-refractivity contribution in [1.29, 1.82) is 0 Å². The number of nitrogens with zero attached hydrogens (tertiary/aromatic N) is 2. The Morgan fingerprint density at radius 1 is 0.971 bits per heavy atom. The molecule has 0 heterocycles. The number of carbonyl (C=O) groups is 2. The first-order valence-electron chi connectivity index (χ1n) is 9.99. The lowest BCUT2D eigenvalue weighted by Crippen LogP contribution is -2.19. The summed E-state index contributed by atoms with van der Waals surface area (Å²) in [4.78, 5) is 34.8. The predicted molar refractivity (Wildman–Crippen MR) is 123 cm³/mol. The summed E-state index contributed by atoms with van der Waals surface area (Å²) in [5.41, 5.74) is 3.82. The minimum atomic E-state index is -0.601. The molecule has 0 atom stereocenters. The number of hydrogen-bond donors (Lipinski definition) is 1. The fourth-order valence-corrected chi connectivity index (χ4v) is 2.96. The molecule has 0 fully saturated rings. The van der Waals surface area contributed by atoms with Gasteiger partial charge in [0.1, 0.15) is 11.3 Å². The lowest BCUT2D eigenvalue weighted by molar-refractivity contribution is -0.384. The number of non-ortho nitro benzene ring substituents is 1. The second-order valence-electron chi connectivity index (χ2n) is 6.89. The minimum Gasteiger partial charge on any atom is -0.496 e. The van der Waals surface area contributed by atoms with Gasteiger partial charge < -0.3 is 14.2 Å². The Hall–Kier alpha value is -4.73. The van der Waals surface area contributed by atoms with Gasteiger partial charge in [-0.05, 0) is 41.5 Å². The lowest BCUT2D eigenvalue weighted by Gasteiger charge is -2.11. The standard InChI is InChI=1S/C24H21N3O7/c1-32-20-6-4-3-5-19(20)24(29)34-21-12-9-17(13-22(21)33-2)15-25-26-23(28)14-16-7-10-18(11-8-16)27(30)31/h3-13,15H,14H2,1-2H3,(H,26,28)/b25-15+. The molecular weight excluding hydrogens is 442 g/mol. The summed E-state index contributed by atoms with van der Waals surface area (Å²) in [7, 11) is 2.90. The first kappa shape index (κ1) is 23.9. The van der Waals surface area contributed by atoms with Gasteiger partial charge in [-0.1, -0.05) is 24.3 Å². The summed E-state index contributed by atoms with van der Waals surface area (Å²) in [5.74, 6) is -0.100. The van der Waals surface area contributed by atoms with E-state index in [1.54, 1.807) is 42.5 Å². The van der Waals surface area contributed by atoms with Gasteiger partial charge in [0.15, 0.2) is 11.5 Å². The molecule has 0 aliphatic heterocycles. The number of para-hydroxylation sites is 1. The Balaban J connectivity index is 1.61. The molecule has 0 unspecified atom stereocenters. The van der Waals surface area contributed by atoms with Gasteiger partial charge in [-0.3, -0.25) is 14.9 Å². The molecule has 1 N–H and O–H groups in total. The second kappa shape index (κ2) is 11.2. The van der Waals surface area contributed by atoms with Crippen molar-refractivity contribution >= 4 is 23.8 Å².